The van der Waals surface area contributed by atoms with Gasteiger partial charge in [0.15, 0.2) is 11.4 Å². The Morgan fingerprint density at radius 3 is 2.69 bits per heavy atom. The third kappa shape index (κ3) is 2.79. The molecule has 0 unspecified atom stereocenters. The number of carbonyl (C=O) groups excluding carboxylic acids is 3. The van der Waals surface area contributed by atoms with Crippen LogP contribution in [0.1, 0.15) is 85.3 Å². The van der Waals surface area contributed by atoms with Crippen molar-refractivity contribution in [2.75, 3.05) is 6.61 Å². The highest BCUT2D eigenvalue weighted by atomic mass is 16.6. The first-order valence-corrected chi connectivity index (χ1v) is 10.8. The van der Waals surface area contributed by atoms with E-state index in [0.717, 1.165) is 25.7 Å². The Bertz CT molecular complexity index is 943. The first-order chi connectivity index (χ1) is 15.6. The fourth-order valence-electron chi connectivity index (χ4n) is 7.55. The zero-order valence-electron chi connectivity index (χ0n) is 22.3. The van der Waals surface area contributed by atoms with Crippen molar-refractivity contribution in [3.63, 3.8) is 0 Å². The largest absolute Gasteiger partial charge is 0.450 e. The predicted molar refractivity (Wildman–Crippen MR) is 108 cm³/mol. The second-order valence-corrected chi connectivity index (χ2v) is 9.89. The van der Waals surface area contributed by atoms with Crippen LogP contribution in [-0.2, 0) is 19.1 Å². The van der Waals surface area contributed by atoms with Crippen molar-refractivity contribution in [1.29, 1.82) is 0 Å². The average molecular weight is 408 g/mol. The molecule has 0 aromatic heterocycles. The Balaban J connectivity index is 1.69. The van der Waals surface area contributed by atoms with Gasteiger partial charge < -0.3 is 9.84 Å². The van der Waals surface area contributed by atoms with Crippen LogP contribution in [-0.4, -0.2) is 34.9 Å². The Hall–Kier alpha value is -1.49. The van der Waals surface area contributed by atoms with Gasteiger partial charge in [-0.1, -0.05) is 26.3 Å². The summed E-state index contributed by atoms with van der Waals surface area (Å²) in [6, 6.07) is 0. The number of ether oxygens (including phenoxy) is 1. The molecule has 0 bridgehead atoms. The van der Waals surface area contributed by atoms with Gasteiger partial charge in [0.1, 0.15) is 6.61 Å². The highest BCUT2D eigenvalue weighted by Gasteiger charge is 2.68. The molecule has 0 amide bonds. The van der Waals surface area contributed by atoms with Crippen LogP contribution < -0.4 is 0 Å². The van der Waals surface area contributed by atoms with E-state index in [4.69, 9.17) is 11.6 Å². The molecular weight excluding hydrogens is 368 g/mol. The zero-order chi connectivity index (χ0) is 25.3. The summed E-state index contributed by atoms with van der Waals surface area (Å²) < 4.78 is 43.5. The first kappa shape index (κ1) is 15.3. The highest BCUT2D eigenvalue weighted by Crippen LogP contribution is 2.68. The van der Waals surface area contributed by atoms with Gasteiger partial charge in [0.25, 0.3) is 0 Å². The third-order valence-corrected chi connectivity index (χ3v) is 9.04. The van der Waals surface area contributed by atoms with Gasteiger partial charge in [0.05, 0.1) is 0 Å². The Kier molecular flexibility index (Phi) is 3.72. The van der Waals surface area contributed by atoms with E-state index in [2.05, 4.69) is 6.92 Å². The van der Waals surface area contributed by atoms with Crippen molar-refractivity contribution >= 4 is 17.5 Å². The number of Topliss-reactive ketones (excluding diaryl/α,β-unsaturated/α-hetero) is 1. The quantitative estimate of drug-likeness (QED) is 0.718. The third-order valence-electron chi connectivity index (χ3n) is 9.04. The molecule has 0 saturated heterocycles. The molecule has 4 rings (SSSR count). The minimum Gasteiger partial charge on any atom is -0.450 e. The monoisotopic (exact) mass is 407 g/mol. The van der Waals surface area contributed by atoms with Gasteiger partial charge >= 0.3 is 5.97 Å². The molecule has 3 fully saturated rings. The second-order valence-electron chi connectivity index (χ2n) is 9.89. The minimum absolute atomic E-state index is 0.00387. The van der Waals surface area contributed by atoms with Crippen molar-refractivity contribution in [1.82, 2.24) is 0 Å². The molecule has 3 saturated carbocycles. The summed E-state index contributed by atoms with van der Waals surface area (Å²) in [7, 11) is 0. The van der Waals surface area contributed by atoms with Crippen LogP contribution in [0.3, 0.4) is 0 Å². The molecular formula is C24H34O5. The van der Waals surface area contributed by atoms with E-state index in [9.17, 15) is 19.5 Å². The van der Waals surface area contributed by atoms with Crippen molar-refractivity contribution in [3.8, 4) is 0 Å². The summed E-state index contributed by atoms with van der Waals surface area (Å²) in [5.41, 5.74) is -1.47. The topological polar surface area (TPSA) is 80.7 Å². The second kappa shape index (κ2) is 7.04. The van der Waals surface area contributed by atoms with Gasteiger partial charge in [-0.05, 0) is 74.2 Å². The van der Waals surface area contributed by atoms with Gasteiger partial charge in [-0.2, -0.15) is 0 Å². The van der Waals surface area contributed by atoms with Crippen molar-refractivity contribution < 1.29 is 31.1 Å². The molecule has 0 heterocycles. The first-order valence-electron chi connectivity index (χ1n) is 13.3. The van der Waals surface area contributed by atoms with E-state index in [1.807, 2.05) is 13.0 Å². The lowest BCUT2D eigenvalue weighted by Gasteiger charge is -2.59. The summed E-state index contributed by atoms with van der Waals surface area (Å²) in [4.78, 5) is 38.0. The number of rotatable bonds is 4. The van der Waals surface area contributed by atoms with Crippen LogP contribution in [0.25, 0.3) is 0 Å². The lowest BCUT2D eigenvalue weighted by Crippen LogP contribution is -2.59. The molecule has 0 aromatic carbocycles. The Morgan fingerprint density at radius 2 is 1.97 bits per heavy atom. The van der Waals surface area contributed by atoms with Crippen LogP contribution in [0.15, 0.2) is 11.6 Å². The lowest BCUT2D eigenvalue weighted by atomic mass is 9.46. The van der Waals surface area contributed by atoms with Crippen molar-refractivity contribution in [2.24, 2.45) is 28.6 Å². The van der Waals surface area contributed by atoms with Crippen LogP contribution >= 0.6 is 0 Å². The van der Waals surface area contributed by atoms with Crippen LogP contribution in [0.4, 0.5) is 0 Å². The average Bonchev–Trinajstić information content (AvgIpc) is 3.06. The number of esters is 1. The minimum atomic E-state index is -3.27. The predicted octanol–water partition coefficient (Wildman–Crippen LogP) is 3.77. The van der Waals surface area contributed by atoms with Gasteiger partial charge in [0.2, 0.25) is 5.78 Å². The summed E-state index contributed by atoms with van der Waals surface area (Å²) >= 11 is 0. The molecule has 4 aliphatic carbocycles. The number of ketones is 2. The fraction of sp³-hybridized carbons (Fsp3) is 0.792. The molecule has 29 heavy (non-hydrogen) atoms. The maximum absolute atomic E-state index is 13.2. The number of allylic oxidation sites excluding steroid dienone is 1. The van der Waals surface area contributed by atoms with E-state index in [1.165, 1.54) is 5.57 Å². The summed E-state index contributed by atoms with van der Waals surface area (Å²) in [6.45, 7) is -0.00214. The van der Waals surface area contributed by atoms with Crippen LogP contribution in [0, 0.1) is 28.6 Å². The molecule has 5 nitrogen and oxygen atoms in total. The number of aliphatic hydroxyl groups excluding tert-OH is 1. The maximum atomic E-state index is 13.2. The van der Waals surface area contributed by atoms with Gasteiger partial charge in [-0.15, -0.1) is 0 Å². The van der Waals surface area contributed by atoms with Crippen LogP contribution in [0.5, 0.6) is 0 Å². The number of fused-ring (bicyclic) bond motifs is 5. The molecule has 5 heteroatoms. The number of carbonyl (C=O) groups is 3. The zero-order valence-corrected chi connectivity index (χ0v) is 17.3. The summed E-state index contributed by atoms with van der Waals surface area (Å²) in [5, 5.41) is 9.81. The van der Waals surface area contributed by atoms with E-state index in [0.29, 0.717) is 25.2 Å². The number of hydrogen-bond acceptors (Lipinski definition) is 5. The molecule has 6 atom stereocenters. The van der Waals surface area contributed by atoms with Crippen LogP contribution in [0.2, 0.25) is 0 Å². The van der Waals surface area contributed by atoms with Crippen molar-refractivity contribution in [2.45, 2.75) is 84.0 Å². The van der Waals surface area contributed by atoms with Crippen molar-refractivity contribution in [3.05, 3.63) is 11.6 Å². The van der Waals surface area contributed by atoms with Gasteiger partial charge in [-0.25, -0.2) is 0 Å². The smallest absolute Gasteiger partial charge is 0.306 e. The fourth-order valence-corrected chi connectivity index (χ4v) is 7.55. The summed E-state index contributed by atoms with van der Waals surface area (Å²) in [6.07, 6.45) is 3.53. The van der Waals surface area contributed by atoms with Gasteiger partial charge in [0, 0.05) is 25.1 Å². The lowest BCUT2D eigenvalue weighted by molar-refractivity contribution is -0.191. The Labute approximate surface area is 180 Å². The highest BCUT2D eigenvalue weighted by molar-refractivity contribution is 5.92. The molecule has 0 radical (unpaired) electrons. The molecule has 1 N–H and O–H groups in total. The molecule has 160 valence electrons. The van der Waals surface area contributed by atoms with E-state index < -0.39 is 42.6 Å². The molecule has 4 aliphatic rings. The Morgan fingerprint density at radius 1 is 1.21 bits per heavy atom. The molecule has 0 spiro atoms. The SMILES string of the molecule is [2H]C([2H])([2H])C([2H])([2H])C(=O)O[C@]1(C(=O)CO)CC[C@H]2[C@@H]3CCC4=CC(=O)CC[C@]4(C)[C@H]3CC[C@@]21C. The maximum Gasteiger partial charge on any atom is 0.306 e. The van der Waals surface area contributed by atoms with Gasteiger partial charge in [-0.3, -0.25) is 14.4 Å². The molecule has 0 aromatic rings. The van der Waals surface area contributed by atoms with E-state index >= 15 is 0 Å². The van der Waals surface area contributed by atoms with E-state index in [-0.39, 0.29) is 29.5 Å². The normalized spacial score (nSPS) is 47.1. The number of aliphatic hydroxyl groups is 1. The standard InChI is InChI=1S/C24H34O5/c1-4-21(28)29-24(20(27)14-25)12-9-19-17-6-5-15-13-16(26)7-10-22(15,2)18(17)8-11-23(19,24)3/h13,17-19,25H,4-12,14H2,1-3H3/t17-,18+,19+,22+,23+,24+/m1/s1/i1D3,4D2. The van der Waals surface area contributed by atoms with E-state index in [1.54, 1.807) is 0 Å². The number of hydrogen-bond donors (Lipinski definition) is 1. The summed E-state index contributed by atoms with van der Waals surface area (Å²) in [5.74, 6) is -1.54. The molecule has 0 aliphatic heterocycles.